The molecule has 1 nitrogen and oxygen atoms in total. The largest absolute Gasteiger partial charge is 0.303 e. The highest BCUT2D eigenvalue weighted by molar-refractivity contribution is 9.10. The molecule has 0 radical (unpaired) electrons. The van der Waals surface area contributed by atoms with Crippen molar-refractivity contribution in [1.29, 1.82) is 0 Å². The maximum atomic E-state index is 10.4. The number of rotatable bonds is 2. The van der Waals surface area contributed by atoms with E-state index in [-0.39, 0.29) is 0 Å². The van der Waals surface area contributed by atoms with Crippen molar-refractivity contribution in [2.24, 2.45) is 0 Å². The van der Waals surface area contributed by atoms with Gasteiger partial charge >= 0.3 is 0 Å². The second-order valence-electron chi connectivity index (χ2n) is 3.04. The SMILES string of the molecule is O=CCc1cc(Br)c2c(c1)CCS2. The Morgan fingerprint density at radius 3 is 3.15 bits per heavy atom. The van der Waals surface area contributed by atoms with Gasteiger partial charge < -0.3 is 4.79 Å². The lowest BCUT2D eigenvalue weighted by atomic mass is 10.1. The molecule has 68 valence electrons. The van der Waals surface area contributed by atoms with Crippen LogP contribution in [0, 0.1) is 0 Å². The molecule has 0 N–H and O–H groups in total. The Hall–Kier alpha value is -0.280. The highest BCUT2D eigenvalue weighted by atomic mass is 79.9. The Balaban J connectivity index is 2.43. The minimum absolute atomic E-state index is 0.524. The van der Waals surface area contributed by atoms with Crippen molar-refractivity contribution in [2.45, 2.75) is 17.7 Å². The fourth-order valence-corrected chi connectivity index (χ4v) is 3.50. The molecule has 0 aliphatic carbocycles. The van der Waals surface area contributed by atoms with E-state index in [9.17, 15) is 4.79 Å². The van der Waals surface area contributed by atoms with E-state index in [2.05, 4.69) is 22.0 Å². The van der Waals surface area contributed by atoms with Crippen LogP contribution in [0.1, 0.15) is 11.1 Å². The molecule has 13 heavy (non-hydrogen) atoms. The second kappa shape index (κ2) is 3.84. The van der Waals surface area contributed by atoms with Gasteiger partial charge in [-0.1, -0.05) is 6.07 Å². The summed E-state index contributed by atoms with van der Waals surface area (Å²) in [5, 5.41) is 0. The maximum Gasteiger partial charge on any atom is 0.124 e. The van der Waals surface area contributed by atoms with E-state index in [1.807, 2.05) is 17.8 Å². The molecule has 0 bridgehead atoms. The third-order valence-corrected chi connectivity index (χ3v) is 4.18. The summed E-state index contributed by atoms with van der Waals surface area (Å²) in [5.41, 5.74) is 2.50. The van der Waals surface area contributed by atoms with Crippen LogP contribution < -0.4 is 0 Å². The molecule has 2 rings (SSSR count). The van der Waals surface area contributed by atoms with Crippen molar-refractivity contribution in [3.05, 3.63) is 27.7 Å². The summed E-state index contributed by atoms with van der Waals surface area (Å²) < 4.78 is 1.14. The predicted molar refractivity (Wildman–Crippen MR) is 58.3 cm³/mol. The number of carbonyl (C=O) groups excluding carboxylic acids is 1. The lowest BCUT2D eigenvalue weighted by Gasteiger charge is -2.04. The van der Waals surface area contributed by atoms with Gasteiger partial charge in [0.2, 0.25) is 0 Å². The van der Waals surface area contributed by atoms with Gasteiger partial charge in [-0.05, 0) is 39.5 Å². The van der Waals surface area contributed by atoms with Gasteiger partial charge in [-0.2, -0.15) is 0 Å². The molecule has 1 aromatic carbocycles. The van der Waals surface area contributed by atoms with E-state index in [0.29, 0.717) is 6.42 Å². The standard InChI is InChI=1S/C10H9BrOS/c11-9-6-7(1-3-12)5-8-2-4-13-10(8)9/h3,5-6H,1-2,4H2. The molecule has 0 aromatic heterocycles. The summed E-state index contributed by atoms with van der Waals surface area (Å²) in [7, 11) is 0. The third-order valence-electron chi connectivity index (χ3n) is 2.12. The normalized spacial score (nSPS) is 14.2. The van der Waals surface area contributed by atoms with Crippen molar-refractivity contribution in [1.82, 2.24) is 0 Å². The zero-order valence-electron chi connectivity index (χ0n) is 7.05. The molecular weight excluding hydrogens is 248 g/mol. The van der Waals surface area contributed by atoms with Crippen LogP contribution in [0.5, 0.6) is 0 Å². The van der Waals surface area contributed by atoms with Crippen LogP contribution in [-0.4, -0.2) is 12.0 Å². The summed E-state index contributed by atoms with van der Waals surface area (Å²) in [5.74, 6) is 1.17. The average molecular weight is 257 g/mol. The predicted octanol–water partition coefficient (Wildman–Crippen LogP) is 2.84. The molecule has 0 spiro atoms. The van der Waals surface area contributed by atoms with Crippen LogP contribution in [-0.2, 0) is 17.6 Å². The number of benzene rings is 1. The zero-order valence-corrected chi connectivity index (χ0v) is 9.45. The van der Waals surface area contributed by atoms with Crippen molar-refractivity contribution >= 4 is 34.0 Å². The quantitative estimate of drug-likeness (QED) is 0.758. The summed E-state index contributed by atoms with van der Waals surface area (Å²) >= 11 is 5.42. The monoisotopic (exact) mass is 256 g/mol. The number of hydrogen-bond donors (Lipinski definition) is 0. The fraction of sp³-hybridized carbons (Fsp3) is 0.300. The average Bonchev–Trinajstić information content (AvgIpc) is 2.53. The smallest absolute Gasteiger partial charge is 0.124 e. The molecule has 0 amide bonds. The highest BCUT2D eigenvalue weighted by Crippen LogP contribution is 2.38. The first kappa shape index (κ1) is 9.28. The van der Waals surface area contributed by atoms with E-state index in [1.165, 1.54) is 16.2 Å². The molecule has 1 aromatic rings. The summed E-state index contributed by atoms with van der Waals surface area (Å²) in [6, 6.07) is 4.19. The number of aryl methyl sites for hydroxylation is 1. The minimum Gasteiger partial charge on any atom is -0.303 e. The van der Waals surface area contributed by atoms with E-state index >= 15 is 0 Å². The number of fused-ring (bicyclic) bond motifs is 1. The zero-order chi connectivity index (χ0) is 9.26. The molecule has 0 saturated heterocycles. The fourth-order valence-electron chi connectivity index (χ4n) is 1.54. The van der Waals surface area contributed by atoms with E-state index in [0.717, 1.165) is 22.7 Å². The summed E-state index contributed by atoms with van der Waals surface area (Å²) in [4.78, 5) is 11.7. The lowest BCUT2D eigenvalue weighted by molar-refractivity contribution is -0.107. The molecule has 0 fully saturated rings. The van der Waals surface area contributed by atoms with Crippen LogP contribution in [0.4, 0.5) is 0 Å². The van der Waals surface area contributed by atoms with Crippen LogP contribution in [0.25, 0.3) is 0 Å². The first-order valence-electron chi connectivity index (χ1n) is 4.19. The first-order valence-corrected chi connectivity index (χ1v) is 5.97. The maximum absolute atomic E-state index is 10.4. The van der Waals surface area contributed by atoms with Gasteiger partial charge in [-0.3, -0.25) is 0 Å². The Bertz CT molecular complexity index is 349. The van der Waals surface area contributed by atoms with Gasteiger partial charge in [0.1, 0.15) is 6.29 Å². The van der Waals surface area contributed by atoms with Gasteiger partial charge in [-0.15, -0.1) is 11.8 Å². The second-order valence-corrected chi connectivity index (χ2v) is 4.99. The van der Waals surface area contributed by atoms with Crippen molar-refractivity contribution in [2.75, 3.05) is 5.75 Å². The van der Waals surface area contributed by atoms with Gasteiger partial charge in [0.25, 0.3) is 0 Å². The Morgan fingerprint density at radius 1 is 1.54 bits per heavy atom. The number of hydrogen-bond acceptors (Lipinski definition) is 2. The van der Waals surface area contributed by atoms with Crippen molar-refractivity contribution in [3.63, 3.8) is 0 Å². The topological polar surface area (TPSA) is 17.1 Å². The minimum atomic E-state index is 0.524. The molecule has 0 saturated carbocycles. The van der Waals surface area contributed by atoms with Crippen LogP contribution in [0.3, 0.4) is 0 Å². The Kier molecular flexibility index (Phi) is 2.74. The Morgan fingerprint density at radius 2 is 2.38 bits per heavy atom. The highest BCUT2D eigenvalue weighted by Gasteiger charge is 2.15. The first-order chi connectivity index (χ1) is 6.31. The van der Waals surface area contributed by atoms with Gasteiger partial charge in [0, 0.05) is 21.5 Å². The number of thioether (sulfide) groups is 1. The van der Waals surface area contributed by atoms with Crippen LogP contribution >= 0.6 is 27.7 Å². The van der Waals surface area contributed by atoms with E-state index in [1.54, 1.807) is 0 Å². The molecule has 1 aliphatic heterocycles. The van der Waals surface area contributed by atoms with Gasteiger partial charge in [-0.25, -0.2) is 0 Å². The molecule has 0 atom stereocenters. The lowest BCUT2D eigenvalue weighted by Crippen LogP contribution is -1.90. The van der Waals surface area contributed by atoms with Gasteiger partial charge in [0.05, 0.1) is 0 Å². The number of aldehydes is 1. The molecule has 1 aliphatic rings. The summed E-state index contributed by atoms with van der Waals surface area (Å²) in [6.07, 6.45) is 2.61. The van der Waals surface area contributed by atoms with Crippen LogP contribution in [0.15, 0.2) is 21.5 Å². The molecular formula is C10H9BrOS. The van der Waals surface area contributed by atoms with Crippen LogP contribution in [0.2, 0.25) is 0 Å². The van der Waals surface area contributed by atoms with Gasteiger partial charge in [0.15, 0.2) is 0 Å². The number of carbonyl (C=O) groups is 1. The Labute approximate surface area is 90.0 Å². The van der Waals surface area contributed by atoms with E-state index in [4.69, 9.17) is 0 Å². The summed E-state index contributed by atoms with van der Waals surface area (Å²) in [6.45, 7) is 0. The molecule has 3 heteroatoms. The third kappa shape index (κ3) is 1.81. The van der Waals surface area contributed by atoms with E-state index < -0.39 is 0 Å². The van der Waals surface area contributed by atoms with Crippen molar-refractivity contribution < 1.29 is 4.79 Å². The molecule has 0 unspecified atom stereocenters. The molecule has 1 heterocycles. The number of halogens is 1. The van der Waals surface area contributed by atoms with Crippen molar-refractivity contribution in [3.8, 4) is 0 Å².